The third-order valence-corrected chi connectivity index (χ3v) is 5.39. The van der Waals surface area contributed by atoms with Crippen molar-refractivity contribution in [3.8, 4) is 0 Å². The Balaban J connectivity index is 1.64. The van der Waals surface area contributed by atoms with Crippen molar-refractivity contribution in [1.29, 1.82) is 0 Å². The highest BCUT2D eigenvalue weighted by Gasteiger charge is 2.39. The van der Waals surface area contributed by atoms with Gasteiger partial charge in [0.25, 0.3) is 0 Å². The summed E-state index contributed by atoms with van der Waals surface area (Å²) < 4.78 is 13.8. The van der Waals surface area contributed by atoms with Crippen molar-refractivity contribution >= 4 is 21.8 Å². The van der Waals surface area contributed by atoms with Crippen LogP contribution in [0.25, 0.3) is 0 Å². The van der Waals surface area contributed by atoms with E-state index in [1.54, 1.807) is 0 Å². The summed E-state index contributed by atoms with van der Waals surface area (Å²) in [6, 6.07) is 5.49. The van der Waals surface area contributed by atoms with Gasteiger partial charge in [0.2, 0.25) is 5.91 Å². The number of amides is 1. The van der Waals surface area contributed by atoms with Crippen molar-refractivity contribution in [1.82, 2.24) is 10.9 Å². The number of benzene rings is 1. The summed E-state index contributed by atoms with van der Waals surface area (Å²) in [6.07, 6.45) is 6.36. The van der Waals surface area contributed by atoms with Crippen molar-refractivity contribution in [3.05, 3.63) is 34.1 Å². The summed E-state index contributed by atoms with van der Waals surface area (Å²) in [5.41, 5.74) is 7.13. The van der Waals surface area contributed by atoms with E-state index >= 15 is 0 Å². The normalized spacial score (nSPS) is 28.9. The molecule has 3 atom stereocenters. The Morgan fingerprint density at radius 3 is 2.90 bits per heavy atom. The van der Waals surface area contributed by atoms with Gasteiger partial charge in [0, 0.05) is 12.0 Å². The third-order valence-electron chi connectivity index (χ3n) is 4.78. The molecule has 5 heteroatoms. The summed E-state index contributed by atoms with van der Waals surface area (Å²) in [7, 11) is 0. The fourth-order valence-corrected chi connectivity index (χ4v) is 4.06. The SMILES string of the molecule is O=C1NNC(CCc2ccc(F)c(Br)c2)C2CCCCC12. The van der Waals surface area contributed by atoms with Crippen LogP contribution >= 0.6 is 15.9 Å². The zero-order valence-electron chi connectivity index (χ0n) is 11.9. The highest BCUT2D eigenvalue weighted by Crippen LogP contribution is 2.35. The van der Waals surface area contributed by atoms with E-state index in [0.29, 0.717) is 16.4 Å². The van der Waals surface area contributed by atoms with Crippen molar-refractivity contribution in [2.24, 2.45) is 11.8 Å². The van der Waals surface area contributed by atoms with Crippen LogP contribution in [-0.4, -0.2) is 11.9 Å². The molecule has 0 aromatic heterocycles. The standard InChI is InChI=1S/C16H20BrFN2O/c17-13-9-10(5-7-14(13)18)6-8-15-11-3-1-2-4-12(11)16(21)20-19-15/h5,7,9,11-12,15,19H,1-4,6,8H2,(H,20,21). The molecular weight excluding hydrogens is 335 g/mol. The molecule has 1 aliphatic heterocycles. The van der Waals surface area contributed by atoms with E-state index < -0.39 is 0 Å². The monoisotopic (exact) mass is 354 g/mol. The molecular formula is C16H20BrFN2O. The summed E-state index contributed by atoms with van der Waals surface area (Å²) in [6.45, 7) is 0. The minimum absolute atomic E-state index is 0.153. The minimum atomic E-state index is -0.228. The van der Waals surface area contributed by atoms with E-state index in [4.69, 9.17) is 0 Å². The lowest BCUT2D eigenvalue weighted by atomic mass is 9.72. The van der Waals surface area contributed by atoms with Gasteiger partial charge in [-0.05, 0) is 65.2 Å². The van der Waals surface area contributed by atoms with Crippen LogP contribution in [0.5, 0.6) is 0 Å². The lowest BCUT2D eigenvalue weighted by Crippen LogP contribution is -2.59. The van der Waals surface area contributed by atoms with Crippen molar-refractivity contribution in [2.75, 3.05) is 0 Å². The molecule has 3 unspecified atom stereocenters. The van der Waals surface area contributed by atoms with Gasteiger partial charge in [-0.25, -0.2) is 9.82 Å². The minimum Gasteiger partial charge on any atom is -0.291 e. The summed E-state index contributed by atoms with van der Waals surface area (Å²) >= 11 is 3.23. The molecule has 1 aromatic rings. The number of fused-ring (bicyclic) bond motifs is 1. The van der Waals surface area contributed by atoms with Gasteiger partial charge >= 0.3 is 0 Å². The zero-order chi connectivity index (χ0) is 14.8. The number of hydrogen-bond acceptors (Lipinski definition) is 2. The van der Waals surface area contributed by atoms with Gasteiger partial charge in [0.1, 0.15) is 5.82 Å². The van der Waals surface area contributed by atoms with Gasteiger partial charge in [-0.15, -0.1) is 0 Å². The number of nitrogens with one attached hydrogen (secondary N) is 2. The quantitative estimate of drug-likeness (QED) is 0.873. The number of carbonyl (C=O) groups is 1. The van der Waals surface area contributed by atoms with Gasteiger partial charge < -0.3 is 0 Å². The average molecular weight is 355 g/mol. The smallest absolute Gasteiger partial charge is 0.237 e. The van der Waals surface area contributed by atoms with E-state index in [1.165, 1.54) is 12.5 Å². The van der Waals surface area contributed by atoms with Gasteiger partial charge in [-0.3, -0.25) is 10.2 Å². The number of hydrazine groups is 1. The van der Waals surface area contributed by atoms with Crippen molar-refractivity contribution < 1.29 is 9.18 Å². The van der Waals surface area contributed by atoms with Crippen LogP contribution in [0.15, 0.2) is 22.7 Å². The molecule has 1 aromatic carbocycles. The second-order valence-corrected chi connectivity index (χ2v) is 6.94. The molecule has 1 saturated heterocycles. The summed E-state index contributed by atoms with van der Waals surface area (Å²) in [5, 5.41) is 0. The number of rotatable bonds is 3. The molecule has 1 saturated carbocycles. The largest absolute Gasteiger partial charge is 0.291 e. The lowest BCUT2D eigenvalue weighted by molar-refractivity contribution is -0.133. The first-order valence-corrected chi connectivity index (χ1v) is 8.44. The van der Waals surface area contributed by atoms with Crippen LogP contribution in [0.4, 0.5) is 4.39 Å². The molecule has 0 spiro atoms. The first kappa shape index (κ1) is 15.0. The topological polar surface area (TPSA) is 41.1 Å². The molecule has 0 radical (unpaired) electrons. The Morgan fingerprint density at radius 1 is 1.29 bits per heavy atom. The van der Waals surface area contributed by atoms with Crippen LogP contribution in [-0.2, 0) is 11.2 Å². The average Bonchev–Trinajstić information content (AvgIpc) is 2.50. The van der Waals surface area contributed by atoms with Crippen LogP contribution in [0, 0.1) is 17.7 Å². The van der Waals surface area contributed by atoms with Crippen molar-refractivity contribution in [3.63, 3.8) is 0 Å². The second kappa shape index (κ2) is 6.44. The molecule has 1 amide bonds. The van der Waals surface area contributed by atoms with E-state index in [9.17, 15) is 9.18 Å². The Bertz CT molecular complexity index is 537. The predicted molar refractivity (Wildman–Crippen MR) is 82.9 cm³/mol. The highest BCUT2D eigenvalue weighted by molar-refractivity contribution is 9.10. The van der Waals surface area contributed by atoms with Gasteiger partial charge in [0.05, 0.1) is 4.47 Å². The maximum absolute atomic E-state index is 13.3. The highest BCUT2D eigenvalue weighted by atomic mass is 79.9. The molecule has 1 aliphatic carbocycles. The lowest BCUT2D eigenvalue weighted by Gasteiger charge is -2.41. The van der Waals surface area contributed by atoms with Crippen LogP contribution in [0.1, 0.15) is 37.7 Å². The molecule has 0 bridgehead atoms. The molecule has 2 N–H and O–H groups in total. The summed E-state index contributed by atoms with van der Waals surface area (Å²) in [5.74, 6) is 0.538. The third kappa shape index (κ3) is 3.29. The van der Waals surface area contributed by atoms with Crippen LogP contribution < -0.4 is 10.9 Å². The molecule has 2 aliphatic rings. The van der Waals surface area contributed by atoms with E-state index in [2.05, 4.69) is 26.8 Å². The fraction of sp³-hybridized carbons (Fsp3) is 0.562. The fourth-order valence-electron chi connectivity index (χ4n) is 3.63. The molecule has 3 nitrogen and oxygen atoms in total. The predicted octanol–water partition coefficient (Wildman–Crippen LogP) is 3.33. The number of carbonyl (C=O) groups excluding carboxylic acids is 1. The molecule has 114 valence electrons. The zero-order valence-corrected chi connectivity index (χ0v) is 13.5. The first-order valence-electron chi connectivity index (χ1n) is 7.64. The van der Waals surface area contributed by atoms with Crippen LogP contribution in [0.3, 0.4) is 0 Å². The van der Waals surface area contributed by atoms with Gasteiger partial charge in [-0.2, -0.15) is 0 Å². The van der Waals surface area contributed by atoms with Gasteiger partial charge in [-0.1, -0.05) is 18.9 Å². The maximum Gasteiger partial charge on any atom is 0.237 e. The Labute approximate surface area is 132 Å². The Morgan fingerprint density at radius 2 is 2.10 bits per heavy atom. The molecule has 3 rings (SSSR count). The van der Waals surface area contributed by atoms with Crippen LogP contribution in [0.2, 0.25) is 0 Å². The van der Waals surface area contributed by atoms with Crippen molar-refractivity contribution in [2.45, 2.75) is 44.6 Å². The van der Waals surface area contributed by atoms with E-state index in [1.807, 2.05) is 12.1 Å². The Hall–Kier alpha value is -0.940. The molecule has 2 fully saturated rings. The second-order valence-electron chi connectivity index (χ2n) is 6.08. The van der Waals surface area contributed by atoms with E-state index in [0.717, 1.165) is 37.7 Å². The maximum atomic E-state index is 13.3. The number of aryl methyl sites for hydroxylation is 1. The number of hydrogen-bond donors (Lipinski definition) is 2. The van der Waals surface area contributed by atoms with E-state index in [-0.39, 0.29) is 17.6 Å². The Kier molecular flexibility index (Phi) is 4.60. The number of halogens is 2. The van der Waals surface area contributed by atoms with Gasteiger partial charge in [0.15, 0.2) is 0 Å². The first-order chi connectivity index (χ1) is 10.1. The summed E-state index contributed by atoms with van der Waals surface area (Å²) in [4.78, 5) is 11.9. The molecule has 21 heavy (non-hydrogen) atoms. The molecule has 1 heterocycles.